The predicted octanol–water partition coefficient (Wildman–Crippen LogP) is 14.8. The van der Waals surface area contributed by atoms with E-state index in [-0.39, 0.29) is 35.1 Å². The van der Waals surface area contributed by atoms with Gasteiger partial charge in [0.05, 0.1) is 0 Å². The lowest BCUT2D eigenvalue weighted by Gasteiger charge is -2.49. The van der Waals surface area contributed by atoms with Gasteiger partial charge in [0, 0.05) is 34.1 Å². The smallest absolute Gasteiger partial charge is 0.248 e. The molecule has 2 nitrogen and oxygen atoms in total. The molecule has 0 saturated carbocycles. The van der Waals surface area contributed by atoms with Gasteiger partial charge >= 0.3 is 0 Å². The van der Waals surface area contributed by atoms with Crippen LogP contribution >= 0.6 is 0 Å². The molecule has 0 spiro atoms. The number of hydrogen-bond donors (Lipinski definition) is 0. The largest absolute Gasteiger partial charge is 0.311 e. The normalized spacial score (nSPS) is 14.1. The van der Waals surface area contributed by atoms with Crippen molar-refractivity contribution in [1.82, 2.24) is 0 Å². The summed E-state index contributed by atoms with van der Waals surface area (Å²) < 4.78 is 0. The van der Waals surface area contributed by atoms with Crippen LogP contribution in [0.15, 0.2) is 182 Å². The highest BCUT2D eigenvalue weighted by atomic mass is 15.2. The van der Waals surface area contributed by atoms with Gasteiger partial charge in [-0.3, -0.25) is 0 Å². The van der Waals surface area contributed by atoms with Crippen LogP contribution in [-0.4, -0.2) is 13.4 Å². The van der Waals surface area contributed by atoms with Gasteiger partial charge in [-0.2, -0.15) is 0 Å². The highest BCUT2D eigenvalue weighted by molar-refractivity contribution is 7.04. The second kappa shape index (κ2) is 16.1. The van der Waals surface area contributed by atoms with Crippen molar-refractivity contribution in [3.63, 3.8) is 0 Å². The minimum atomic E-state index is -0.288. The molecule has 0 aromatic heterocycles. The molecule has 0 amide bonds. The average molecular weight is 957 g/mol. The van der Waals surface area contributed by atoms with E-state index in [1.165, 1.54) is 134 Å². The van der Waals surface area contributed by atoms with Crippen molar-refractivity contribution in [2.45, 2.75) is 105 Å². The maximum atomic E-state index is 2.69. The second-order valence-corrected chi connectivity index (χ2v) is 25.7. The monoisotopic (exact) mass is 957 g/mol. The second-order valence-electron chi connectivity index (χ2n) is 25.7. The Morgan fingerprint density at radius 1 is 0.297 bits per heavy atom. The maximum Gasteiger partial charge on any atom is 0.248 e. The summed E-state index contributed by atoms with van der Waals surface area (Å²) >= 11 is 0. The van der Waals surface area contributed by atoms with Crippen LogP contribution in [0.25, 0.3) is 44.5 Å². The molecule has 4 heterocycles. The van der Waals surface area contributed by atoms with Crippen LogP contribution in [0.5, 0.6) is 0 Å². The first kappa shape index (κ1) is 46.5. The first-order valence-electron chi connectivity index (χ1n) is 27.0. The molecule has 0 N–H and O–H groups in total. The summed E-state index contributed by atoms with van der Waals surface area (Å²) in [6.45, 7) is 28.6. The van der Waals surface area contributed by atoms with Crippen molar-refractivity contribution in [2.75, 3.05) is 9.80 Å². The Kier molecular flexibility index (Phi) is 10.1. The van der Waals surface area contributed by atoms with E-state index in [1.807, 2.05) is 0 Å². The Balaban J connectivity index is 1.15. The van der Waals surface area contributed by atoms with E-state index in [4.69, 9.17) is 0 Å². The number of nitrogens with zero attached hydrogens (tertiary/aromatic N) is 2. The summed E-state index contributed by atoms with van der Waals surface area (Å²) in [4.78, 5) is 5.38. The zero-order chi connectivity index (χ0) is 51.4. The SMILES string of the molecule is CC(C)(C)c1ccc(-c2ccc3c(c2)-c2cccc4c2B3c2c(c(C(C)(C)C)c3c(c2C(C)(C)C)N(c2ccccc2)c2cccc5c2B3c2ccc(-c3ccc(C(C)(C)C)cc3)cc2-5)N4c2ccccc2)cc1. The van der Waals surface area contributed by atoms with Crippen LogP contribution in [0.1, 0.15) is 105 Å². The maximum absolute atomic E-state index is 2.69. The van der Waals surface area contributed by atoms with E-state index in [0.717, 1.165) is 0 Å². The zero-order valence-corrected chi connectivity index (χ0v) is 45.4. The van der Waals surface area contributed by atoms with Crippen LogP contribution in [0.2, 0.25) is 0 Å². The van der Waals surface area contributed by atoms with Gasteiger partial charge in [0.15, 0.2) is 0 Å². The molecular weight excluding hydrogens is 890 g/mol. The third kappa shape index (κ3) is 6.93. The van der Waals surface area contributed by atoms with Gasteiger partial charge in [-0.05, 0) is 159 Å². The van der Waals surface area contributed by atoms with E-state index >= 15 is 0 Å². The molecule has 13 rings (SSSR count). The van der Waals surface area contributed by atoms with E-state index in [1.54, 1.807) is 0 Å². The number of anilines is 6. The van der Waals surface area contributed by atoms with Crippen molar-refractivity contribution in [1.29, 1.82) is 0 Å². The number of fused-ring (bicyclic) bond motifs is 10. The highest BCUT2D eigenvalue weighted by Crippen LogP contribution is 2.52. The van der Waals surface area contributed by atoms with Crippen LogP contribution in [0, 0.1) is 0 Å². The predicted molar refractivity (Wildman–Crippen MR) is 322 cm³/mol. The summed E-state index contributed by atoms with van der Waals surface area (Å²) in [5, 5.41) is 0. The molecule has 362 valence electrons. The molecule has 9 aromatic carbocycles. The Morgan fingerprint density at radius 2 is 0.649 bits per heavy atom. The molecular formula is C70H66B2N2. The van der Waals surface area contributed by atoms with Crippen molar-refractivity contribution in [3.8, 4) is 44.5 Å². The topological polar surface area (TPSA) is 6.48 Å². The van der Waals surface area contributed by atoms with Gasteiger partial charge < -0.3 is 9.80 Å². The Hall–Kier alpha value is -7.29. The minimum Gasteiger partial charge on any atom is -0.311 e. The molecule has 0 unspecified atom stereocenters. The summed E-state index contributed by atoms with van der Waals surface area (Å²) in [6.07, 6.45) is 0. The summed E-state index contributed by atoms with van der Waals surface area (Å²) in [6, 6.07) is 70.1. The quantitative estimate of drug-likeness (QED) is 0.162. The molecule has 0 bridgehead atoms. The summed E-state index contributed by atoms with van der Waals surface area (Å²) in [5.41, 5.74) is 31.5. The van der Waals surface area contributed by atoms with Gasteiger partial charge in [-0.15, -0.1) is 0 Å². The lowest BCUT2D eigenvalue weighted by Crippen LogP contribution is -2.63. The molecule has 9 aromatic rings. The van der Waals surface area contributed by atoms with E-state index in [9.17, 15) is 0 Å². The van der Waals surface area contributed by atoms with Crippen LogP contribution < -0.4 is 42.6 Å². The molecule has 0 radical (unpaired) electrons. The number of rotatable bonds is 4. The Labute approximate surface area is 441 Å². The lowest BCUT2D eigenvalue weighted by atomic mass is 9.31. The Bertz CT molecular complexity index is 3500. The first-order chi connectivity index (χ1) is 35.3. The number of hydrogen-bond acceptors (Lipinski definition) is 2. The first-order valence-corrected chi connectivity index (χ1v) is 27.0. The summed E-state index contributed by atoms with van der Waals surface area (Å²) in [7, 11) is 0. The van der Waals surface area contributed by atoms with Crippen LogP contribution in [0.3, 0.4) is 0 Å². The molecule has 0 atom stereocenters. The lowest BCUT2D eigenvalue weighted by molar-refractivity contribution is 0.584. The minimum absolute atomic E-state index is 0.0116. The molecule has 0 saturated heterocycles. The van der Waals surface area contributed by atoms with Gasteiger partial charge in [-0.1, -0.05) is 227 Å². The summed E-state index contributed by atoms with van der Waals surface area (Å²) in [5.74, 6) is 0. The average Bonchev–Trinajstić information content (AvgIpc) is 3.96. The fraction of sp³-hybridized carbons (Fsp3) is 0.229. The fourth-order valence-electron chi connectivity index (χ4n) is 13.5. The molecule has 0 aliphatic carbocycles. The highest BCUT2D eigenvalue weighted by Gasteiger charge is 2.53. The number of benzene rings is 9. The van der Waals surface area contributed by atoms with E-state index in [2.05, 4.69) is 275 Å². The third-order valence-corrected chi connectivity index (χ3v) is 16.8. The van der Waals surface area contributed by atoms with Crippen molar-refractivity contribution >= 4 is 80.3 Å². The Morgan fingerprint density at radius 3 is 0.986 bits per heavy atom. The van der Waals surface area contributed by atoms with E-state index < -0.39 is 0 Å². The molecule has 4 aliphatic rings. The molecule has 0 fully saturated rings. The molecule has 4 heteroatoms. The fourth-order valence-corrected chi connectivity index (χ4v) is 13.5. The molecule has 74 heavy (non-hydrogen) atoms. The van der Waals surface area contributed by atoms with Gasteiger partial charge in [-0.25, -0.2) is 0 Å². The van der Waals surface area contributed by atoms with Gasteiger partial charge in [0.1, 0.15) is 0 Å². The van der Waals surface area contributed by atoms with Crippen LogP contribution in [0.4, 0.5) is 34.1 Å². The third-order valence-electron chi connectivity index (χ3n) is 16.8. The van der Waals surface area contributed by atoms with Crippen molar-refractivity contribution in [2.24, 2.45) is 0 Å². The standard InChI is InChI=1S/C70H66B2N2/c1-67(2,3)47-35-29-43(30-36-47)45-33-39-55-53(41-45)51-25-19-27-57-61(51)71(55)63-59(69(7,8)9)66-64(60(70(10,11)12)65(63)73(57)49-21-15-13-16-22-49)72-56-40-34-46(44-31-37-48(38-32-44)68(4,5)6)42-54(56)52-26-20-28-58(62(52)72)74(66)50-23-17-14-18-24-50/h13-42H,1-12H3. The zero-order valence-electron chi connectivity index (χ0n) is 45.4. The van der Waals surface area contributed by atoms with Crippen molar-refractivity contribution < 1.29 is 0 Å². The van der Waals surface area contributed by atoms with Gasteiger partial charge in [0.25, 0.3) is 0 Å². The van der Waals surface area contributed by atoms with Gasteiger partial charge in [0.2, 0.25) is 13.4 Å². The number of para-hydroxylation sites is 2. The molecule has 4 aliphatic heterocycles. The van der Waals surface area contributed by atoms with Crippen LogP contribution in [-0.2, 0) is 21.7 Å². The van der Waals surface area contributed by atoms with E-state index in [0.29, 0.717) is 0 Å². The van der Waals surface area contributed by atoms with Crippen molar-refractivity contribution in [3.05, 3.63) is 204 Å².